The van der Waals surface area contributed by atoms with Crippen LogP contribution in [-0.2, 0) is 9.53 Å². The number of aromatic nitrogens is 1. The fraction of sp³-hybridized carbons (Fsp3) is 0.400. The molecule has 4 nitrogen and oxygen atoms in total. The van der Waals surface area contributed by atoms with Crippen molar-refractivity contribution in [3.05, 3.63) is 17.3 Å². The van der Waals surface area contributed by atoms with Crippen molar-refractivity contribution in [3.63, 3.8) is 0 Å². The van der Waals surface area contributed by atoms with Gasteiger partial charge in [-0.1, -0.05) is 11.6 Å². The van der Waals surface area contributed by atoms with Crippen molar-refractivity contribution in [1.29, 1.82) is 0 Å². The first-order valence-corrected chi connectivity index (χ1v) is 6.20. The van der Waals surface area contributed by atoms with E-state index in [9.17, 15) is 4.79 Å². The first kappa shape index (κ1) is 13.1. The normalized spacial score (nSPS) is 10.1. The molecule has 16 heavy (non-hydrogen) atoms. The summed E-state index contributed by atoms with van der Waals surface area (Å²) in [6, 6.07) is 1.77. The fourth-order valence-electron chi connectivity index (χ4n) is 1.03. The number of nitrogen functional groups attached to an aromatic ring is 1. The number of ether oxygens (including phenoxy) is 1. The van der Waals surface area contributed by atoms with E-state index in [1.54, 1.807) is 19.2 Å². The lowest BCUT2D eigenvalue weighted by Crippen LogP contribution is -2.04. The smallest absolute Gasteiger partial charge is 0.306 e. The van der Waals surface area contributed by atoms with Crippen LogP contribution in [0.5, 0.6) is 0 Å². The van der Waals surface area contributed by atoms with E-state index < -0.39 is 0 Å². The first-order chi connectivity index (χ1) is 7.65. The third kappa shape index (κ3) is 3.90. The van der Waals surface area contributed by atoms with Gasteiger partial charge in [0.1, 0.15) is 5.82 Å². The number of carbonyl (C=O) groups is 1. The molecule has 0 bridgehead atoms. The summed E-state index contributed by atoms with van der Waals surface area (Å²) in [5, 5.41) is 0.441. The van der Waals surface area contributed by atoms with Crippen LogP contribution in [0.15, 0.2) is 17.2 Å². The maximum absolute atomic E-state index is 11.1. The van der Waals surface area contributed by atoms with Gasteiger partial charge in [-0.15, -0.1) is 11.8 Å². The molecule has 0 aromatic carbocycles. The Morgan fingerprint density at radius 1 is 1.69 bits per heavy atom. The standard InChI is InChI=1S/C10H13ClN2O2S/c1-2-15-8(14)4-6-16-7-3-5-13-10(12)9(7)11/h3,5H,2,4,6H2,1H3,(H2,12,13). The molecule has 6 heteroatoms. The fourth-order valence-corrected chi connectivity index (χ4v) is 2.18. The number of carbonyl (C=O) groups excluding carboxylic acids is 1. The highest BCUT2D eigenvalue weighted by Crippen LogP contribution is 2.30. The van der Waals surface area contributed by atoms with Crippen LogP contribution in [-0.4, -0.2) is 23.3 Å². The number of nitrogens with zero attached hydrogens (tertiary/aromatic N) is 1. The summed E-state index contributed by atoms with van der Waals surface area (Å²) in [5.74, 6) is 0.720. The number of esters is 1. The average Bonchev–Trinajstić information content (AvgIpc) is 2.25. The molecule has 1 rings (SSSR count). The van der Waals surface area contributed by atoms with E-state index in [-0.39, 0.29) is 5.97 Å². The zero-order valence-electron chi connectivity index (χ0n) is 8.90. The SMILES string of the molecule is CCOC(=O)CCSc1ccnc(N)c1Cl. The predicted octanol–water partition coefficient (Wildman–Crippen LogP) is 2.36. The summed E-state index contributed by atoms with van der Waals surface area (Å²) in [4.78, 5) is 15.8. The van der Waals surface area contributed by atoms with Gasteiger partial charge in [-0.3, -0.25) is 4.79 Å². The van der Waals surface area contributed by atoms with Crippen LogP contribution in [0.25, 0.3) is 0 Å². The zero-order valence-corrected chi connectivity index (χ0v) is 10.5. The van der Waals surface area contributed by atoms with Gasteiger partial charge < -0.3 is 10.5 Å². The summed E-state index contributed by atoms with van der Waals surface area (Å²) < 4.78 is 4.81. The molecule has 2 N–H and O–H groups in total. The van der Waals surface area contributed by atoms with Crippen LogP contribution in [0.4, 0.5) is 5.82 Å². The van der Waals surface area contributed by atoms with Crippen LogP contribution in [0, 0.1) is 0 Å². The first-order valence-electron chi connectivity index (χ1n) is 4.83. The molecular weight excluding hydrogens is 248 g/mol. The van der Waals surface area contributed by atoms with Crippen molar-refractivity contribution < 1.29 is 9.53 Å². The average molecular weight is 261 g/mol. The topological polar surface area (TPSA) is 65.2 Å². The molecule has 0 atom stereocenters. The van der Waals surface area contributed by atoms with Gasteiger partial charge in [-0.05, 0) is 13.0 Å². The third-order valence-corrected chi connectivity index (χ3v) is 3.32. The summed E-state index contributed by atoms with van der Waals surface area (Å²) in [6.07, 6.45) is 1.95. The number of hydrogen-bond acceptors (Lipinski definition) is 5. The van der Waals surface area contributed by atoms with Crippen molar-refractivity contribution >= 4 is 35.1 Å². The van der Waals surface area contributed by atoms with Gasteiger partial charge in [0.2, 0.25) is 0 Å². The van der Waals surface area contributed by atoms with Gasteiger partial charge in [0.15, 0.2) is 0 Å². The molecule has 0 fully saturated rings. The van der Waals surface area contributed by atoms with Gasteiger partial charge in [0.25, 0.3) is 0 Å². The summed E-state index contributed by atoms with van der Waals surface area (Å²) in [5.41, 5.74) is 5.55. The summed E-state index contributed by atoms with van der Waals surface area (Å²) in [7, 11) is 0. The molecule has 0 radical (unpaired) electrons. The van der Waals surface area contributed by atoms with Crippen molar-refractivity contribution in [3.8, 4) is 0 Å². The Balaban J connectivity index is 2.43. The maximum atomic E-state index is 11.1. The van der Waals surface area contributed by atoms with E-state index in [4.69, 9.17) is 22.1 Å². The number of nitrogens with two attached hydrogens (primary N) is 1. The molecule has 1 aromatic heterocycles. The Hall–Kier alpha value is -0.940. The molecule has 88 valence electrons. The molecule has 1 aromatic rings. The van der Waals surface area contributed by atoms with Crippen molar-refractivity contribution in [2.45, 2.75) is 18.2 Å². The molecule has 0 spiro atoms. The monoisotopic (exact) mass is 260 g/mol. The minimum absolute atomic E-state index is 0.201. The van der Waals surface area contributed by atoms with Gasteiger partial charge >= 0.3 is 5.97 Å². The zero-order chi connectivity index (χ0) is 12.0. The molecular formula is C10H13ClN2O2S. The Morgan fingerprint density at radius 3 is 3.12 bits per heavy atom. The minimum Gasteiger partial charge on any atom is -0.466 e. The van der Waals surface area contributed by atoms with Crippen molar-refractivity contribution in [2.75, 3.05) is 18.1 Å². The molecule has 0 aliphatic rings. The van der Waals surface area contributed by atoms with Crippen LogP contribution in [0.2, 0.25) is 5.02 Å². The second kappa shape index (κ2) is 6.60. The molecule has 0 saturated carbocycles. The highest BCUT2D eigenvalue weighted by Gasteiger charge is 2.07. The molecule has 0 aliphatic carbocycles. The lowest BCUT2D eigenvalue weighted by atomic mass is 10.5. The van der Waals surface area contributed by atoms with Crippen LogP contribution >= 0.6 is 23.4 Å². The highest BCUT2D eigenvalue weighted by atomic mass is 35.5. The highest BCUT2D eigenvalue weighted by molar-refractivity contribution is 7.99. The van der Waals surface area contributed by atoms with E-state index in [0.717, 1.165) is 4.90 Å². The van der Waals surface area contributed by atoms with Gasteiger partial charge in [0, 0.05) is 16.8 Å². The van der Waals surface area contributed by atoms with Crippen LogP contribution in [0.3, 0.4) is 0 Å². The second-order valence-electron chi connectivity index (χ2n) is 2.91. The molecule has 0 saturated heterocycles. The van der Waals surface area contributed by atoms with E-state index in [1.165, 1.54) is 11.8 Å². The maximum Gasteiger partial charge on any atom is 0.306 e. The number of rotatable bonds is 5. The Bertz CT molecular complexity index is 374. The summed E-state index contributed by atoms with van der Waals surface area (Å²) >= 11 is 7.41. The largest absolute Gasteiger partial charge is 0.466 e. The van der Waals surface area contributed by atoms with Crippen molar-refractivity contribution in [2.24, 2.45) is 0 Å². The van der Waals surface area contributed by atoms with E-state index in [2.05, 4.69) is 4.98 Å². The number of halogens is 1. The molecule has 0 aliphatic heterocycles. The molecule has 0 amide bonds. The lowest BCUT2D eigenvalue weighted by Gasteiger charge is -2.05. The number of anilines is 1. The van der Waals surface area contributed by atoms with Crippen LogP contribution < -0.4 is 5.73 Å². The molecule has 1 heterocycles. The number of pyridine rings is 1. The van der Waals surface area contributed by atoms with E-state index in [0.29, 0.717) is 29.6 Å². The van der Waals surface area contributed by atoms with E-state index >= 15 is 0 Å². The van der Waals surface area contributed by atoms with Gasteiger partial charge in [-0.25, -0.2) is 4.98 Å². The predicted molar refractivity (Wildman–Crippen MR) is 65.6 cm³/mol. The Labute approximate surface area is 104 Å². The van der Waals surface area contributed by atoms with E-state index in [1.807, 2.05) is 0 Å². The quantitative estimate of drug-likeness (QED) is 0.650. The van der Waals surface area contributed by atoms with Crippen molar-refractivity contribution in [1.82, 2.24) is 4.98 Å². The molecule has 0 unspecified atom stereocenters. The van der Waals surface area contributed by atoms with Crippen LogP contribution in [0.1, 0.15) is 13.3 Å². The number of hydrogen-bond donors (Lipinski definition) is 1. The van der Waals surface area contributed by atoms with Gasteiger partial charge in [-0.2, -0.15) is 0 Å². The second-order valence-corrected chi connectivity index (χ2v) is 4.43. The third-order valence-electron chi connectivity index (χ3n) is 1.75. The summed E-state index contributed by atoms with van der Waals surface area (Å²) in [6.45, 7) is 2.19. The lowest BCUT2D eigenvalue weighted by molar-refractivity contribution is -0.142. The Kier molecular flexibility index (Phi) is 5.42. The van der Waals surface area contributed by atoms with Gasteiger partial charge in [0.05, 0.1) is 18.1 Å². The minimum atomic E-state index is -0.201. The number of thioether (sulfide) groups is 1. The Morgan fingerprint density at radius 2 is 2.44 bits per heavy atom.